The number of rotatable bonds is 7. The fourth-order valence-corrected chi connectivity index (χ4v) is 6.94. The number of benzene rings is 3. The summed E-state index contributed by atoms with van der Waals surface area (Å²) in [6.45, 7) is 15.5. The minimum absolute atomic E-state index is 0. The maximum Gasteiger partial charge on any atom is 0.120 e. The van der Waals surface area contributed by atoms with Gasteiger partial charge < -0.3 is 14.4 Å². The van der Waals surface area contributed by atoms with E-state index in [2.05, 4.69) is 73.9 Å². The van der Waals surface area contributed by atoms with Gasteiger partial charge in [0.1, 0.15) is 5.58 Å². The number of fused-ring (bicyclic) bond motifs is 3. The van der Waals surface area contributed by atoms with Crippen LogP contribution in [0.4, 0.5) is 0 Å². The van der Waals surface area contributed by atoms with E-state index in [-0.39, 0.29) is 26.0 Å². The number of aromatic nitrogens is 2. The third-order valence-electron chi connectivity index (χ3n) is 7.22. The van der Waals surface area contributed by atoms with Gasteiger partial charge in [-0.1, -0.05) is 99.7 Å². The molecule has 0 aliphatic carbocycles. The summed E-state index contributed by atoms with van der Waals surface area (Å²) >= 11 is 0. The van der Waals surface area contributed by atoms with Crippen LogP contribution in [-0.4, -0.2) is 18.0 Å². The third kappa shape index (κ3) is 8.01. The minimum atomic E-state index is -1.42. The first-order valence-corrected chi connectivity index (χ1v) is 18.6. The Kier molecular flexibility index (Phi) is 10.2. The smallest absolute Gasteiger partial charge is 0.120 e. The Morgan fingerprint density at radius 3 is 2.30 bits per heavy atom. The van der Waals surface area contributed by atoms with Gasteiger partial charge >= 0.3 is 0 Å². The minimum Gasteiger partial charge on any atom is -0.501 e. The van der Waals surface area contributed by atoms with Crippen LogP contribution in [0, 0.1) is 24.0 Å². The molecule has 3 aromatic heterocycles. The molecule has 0 spiro atoms. The van der Waals surface area contributed by atoms with E-state index in [9.17, 15) is 0 Å². The van der Waals surface area contributed by atoms with Gasteiger partial charge in [-0.05, 0) is 53.3 Å². The van der Waals surface area contributed by atoms with E-state index in [4.69, 9.17) is 7.16 Å². The van der Waals surface area contributed by atoms with Gasteiger partial charge in [0.25, 0.3) is 0 Å². The van der Waals surface area contributed by atoms with E-state index in [0.29, 0.717) is 17.2 Å². The molecule has 0 atom stereocenters. The maximum absolute atomic E-state index is 8.34. The summed E-state index contributed by atoms with van der Waals surface area (Å²) in [5.41, 5.74) is 7.21. The average molecular weight is 777 g/mol. The van der Waals surface area contributed by atoms with Crippen molar-refractivity contribution >= 4 is 35.2 Å². The van der Waals surface area contributed by atoms with Gasteiger partial charge in [-0.15, -0.1) is 54.1 Å². The Morgan fingerprint density at radius 2 is 1.59 bits per heavy atom. The summed E-state index contributed by atoms with van der Waals surface area (Å²) in [5.74, 6) is 0.536. The Labute approximate surface area is 280 Å². The monoisotopic (exact) mass is 777 g/mol. The van der Waals surface area contributed by atoms with Crippen LogP contribution in [-0.2, 0) is 32.9 Å². The first kappa shape index (κ1) is 30.6. The van der Waals surface area contributed by atoms with Crippen LogP contribution >= 0.6 is 0 Å². The summed E-state index contributed by atoms with van der Waals surface area (Å²) < 4.78 is 22.7. The van der Waals surface area contributed by atoms with Crippen LogP contribution in [0.15, 0.2) is 95.7 Å². The molecule has 6 rings (SSSR count). The molecular weight excluding hydrogens is 733 g/mol. The Bertz CT molecular complexity index is 1910. The molecule has 0 unspecified atom stereocenters. The molecule has 6 aromatic rings. The predicted octanol–water partition coefficient (Wildman–Crippen LogP) is 9.94. The van der Waals surface area contributed by atoms with Crippen LogP contribution < -0.4 is 5.19 Å². The largest absolute Gasteiger partial charge is 0.501 e. The number of nitrogens with zero attached hydrogens (tertiary/aromatic N) is 2. The number of hydrogen-bond acceptors (Lipinski definition) is 3. The second-order valence-corrected chi connectivity index (χ2v) is 17.8. The van der Waals surface area contributed by atoms with Crippen LogP contribution in [0.2, 0.25) is 19.6 Å². The summed E-state index contributed by atoms with van der Waals surface area (Å²) in [6.07, 6.45) is 3.47. The van der Waals surface area contributed by atoms with Crippen molar-refractivity contribution in [3.63, 3.8) is 0 Å². The van der Waals surface area contributed by atoms with Crippen molar-refractivity contribution < 1.29 is 27.3 Å². The van der Waals surface area contributed by atoms with E-state index in [0.717, 1.165) is 45.2 Å². The van der Waals surface area contributed by atoms with Gasteiger partial charge in [-0.3, -0.25) is 0 Å². The van der Waals surface area contributed by atoms with E-state index in [1.807, 2.05) is 68.4 Å². The molecule has 3 nitrogen and oxygen atoms in total. The van der Waals surface area contributed by atoms with Gasteiger partial charge in [-0.25, -0.2) is 0 Å². The molecule has 0 amide bonds. The van der Waals surface area contributed by atoms with Crippen LogP contribution in [0.1, 0.15) is 41.6 Å². The molecule has 3 aromatic carbocycles. The molecule has 5 heteroatoms. The fraction of sp³-hybridized carbons (Fsp3) is 0.282. The van der Waals surface area contributed by atoms with Crippen LogP contribution in [0.5, 0.6) is 0 Å². The average Bonchev–Trinajstić information content (AvgIpc) is 3.40. The van der Waals surface area contributed by atoms with Crippen LogP contribution in [0.3, 0.4) is 0 Å². The molecular formula is C39H42IrN2OSi-2. The molecule has 0 N–H and O–H groups in total. The zero-order valence-electron chi connectivity index (χ0n) is 28.7. The first-order chi connectivity index (χ1) is 21.4. The second-order valence-electron chi connectivity index (χ2n) is 12.8. The SMILES string of the molecule is CC(C)Cc1cc(-c2[c-]cccc2)ncc1[Si](C)(C)C.[2H]C([2H])(c1ccnc(-c2[c-]ccc3c2oc2ccccc23)c1)C(C)C.[Ir]. The molecule has 3 heterocycles. The Hall–Kier alpha value is -3.37. The van der Waals surface area contributed by atoms with Crippen molar-refractivity contribution in [3.8, 4) is 22.5 Å². The molecule has 229 valence electrons. The van der Waals surface area contributed by atoms with Crippen molar-refractivity contribution in [2.45, 2.75) is 60.1 Å². The number of para-hydroxylation sites is 1. The molecule has 0 fully saturated rings. The van der Waals surface area contributed by atoms with Crippen molar-refractivity contribution in [1.29, 1.82) is 0 Å². The topological polar surface area (TPSA) is 38.9 Å². The summed E-state index contributed by atoms with van der Waals surface area (Å²) in [6, 6.07) is 32.1. The molecule has 0 saturated carbocycles. The summed E-state index contributed by atoms with van der Waals surface area (Å²) in [7, 11) is -1.34. The van der Waals surface area contributed by atoms with Gasteiger partial charge in [0.15, 0.2) is 0 Å². The van der Waals surface area contributed by atoms with Crippen molar-refractivity contribution in [3.05, 3.63) is 115 Å². The maximum atomic E-state index is 8.34. The summed E-state index contributed by atoms with van der Waals surface area (Å²) in [4.78, 5) is 9.13. The molecule has 0 bridgehead atoms. The number of pyridine rings is 2. The zero-order valence-corrected chi connectivity index (χ0v) is 30.1. The number of hydrogen-bond donors (Lipinski definition) is 0. The Balaban J connectivity index is 0.000000210. The molecule has 1 radical (unpaired) electrons. The van der Waals surface area contributed by atoms with Gasteiger partial charge in [-0.2, -0.15) is 0 Å². The third-order valence-corrected chi connectivity index (χ3v) is 9.29. The van der Waals surface area contributed by atoms with Gasteiger partial charge in [0, 0.05) is 40.6 Å². The van der Waals surface area contributed by atoms with E-state index < -0.39 is 14.4 Å². The standard InChI is InChI=1S/C21H18NO.C18H24NSi.Ir/c1-14(2)12-15-10-11-22-19(13-15)18-8-5-7-17-16-6-3-4-9-20(16)23-21(17)18;1-14(2)11-16-12-17(15-9-7-6-8-10-15)19-13-18(16)20(3,4)5;/h3-7,9-11,13-14H,12H2,1-2H3;6-9,12-14H,11H2,1-5H3;/q2*-1;/i12D2;;. The number of furan rings is 1. The van der Waals surface area contributed by atoms with Crippen molar-refractivity contribution in [2.75, 3.05) is 0 Å². The van der Waals surface area contributed by atoms with Crippen molar-refractivity contribution in [2.24, 2.45) is 11.8 Å². The van der Waals surface area contributed by atoms with E-state index in [1.165, 1.54) is 10.8 Å². The zero-order chi connectivity index (χ0) is 32.4. The van der Waals surface area contributed by atoms with E-state index in [1.54, 1.807) is 18.3 Å². The van der Waals surface area contributed by atoms with Gasteiger partial charge in [0.05, 0.1) is 13.7 Å². The summed E-state index contributed by atoms with van der Waals surface area (Å²) in [5, 5.41) is 3.57. The molecule has 0 saturated heterocycles. The van der Waals surface area contributed by atoms with Crippen molar-refractivity contribution in [1.82, 2.24) is 9.97 Å². The molecule has 0 aliphatic rings. The second kappa shape index (κ2) is 14.6. The fourth-order valence-electron chi connectivity index (χ4n) is 5.35. The molecule has 0 aliphatic heterocycles. The molecule has 44 heavy (non-hydrogen) atoms. The first-order valence-electron chi connectivity index (χ1n) is 16.1. The predicted molar refractivity (Wildman–Crippen MR) is 184 cm³/mol. The Morgan fingerprint density at radius 1 is 0.818 bits per heavy atom. The quantitative estimate of drug-likeness (QED) is 0.120. The van der Waals surface area contributed by atoms with Gasteiger partial charge in [0.2, 0.25) is 0 Å². The normalized spacial score (nSPS) is 12.5. The van der Waals surface area contributed by atoms with Crippen LogP contribution in [0.25, 0.3) is 44.5 Å². The van der Waals surface area contributed by atoms with E-state index >= 15 is 0 Å².